The SMILES string of the molecule is COc1ccc(S(=O)(=O)N(CC(=O)Nc2cccc(C(C)=O)c2)c2ccc(Cl)cc2)cc1. The highest BCUT2D eigenvalue weighted by Crippen LogP contribution is 2.26. The molecule has 1 N–H and O–H groups in total. The van der Waals surface area contributed by atoms with E-state index in [-0.39, 0.29) is 16.4 Å². The standard InChI is InChI=1S/C23H21ClN2O5S/c1-16(27)17-4-3-5-19(14-17)25-23(28)15-26(20-8-6-18(24)7-9-20)32(29,30)22-12-10-21(31-2)11-13-22/h3-14H,15H2,1-2H3,(H,25,28). The first kappa shape index (κ1) is 23.3. The first-order chi connectivity index (χ1) is 15.2. The normalized spacial score (nSPS) is 11.0. The van der Waals surface area contributed by atoms with Gasteiger partial charge in [0.25, 0.3) is 10.0 Å². The van der Waals surface area contributed by atoms with Crippen LogP contribution in [0.5, 0.6) is 5.75 Å². The molecule has 3 aromatic rings. The van der Waals surface area contributed by atoms with Crippen LogP contribution in [0.3, 0.4) is 0 Å². The van der Waals surface area contributed by atoms with Crippen molar-refractivity contribution in [1.82, 2.24) is 0 Å². The Hall–Kier alpha value is -3.36. The fourth-order valence-electron chi connectivity index (χ4n) is 2.94. The van der Waals surface area contributed by atoms with Gasteiger partial charge in [0.05, 0.1) is 17.7 Å². The second kappa shape index (κ2) is 9.84. The molecule has 0 saturated carbocycles. The number of carbonyl (C=O) groups is 2. The number of rotatable bonds is 8. The molecule has 0 aromatic heterocycles. The molecule has 0 fully saturated rings. The summed E-state index contributed by atoms with van der Waals surface area (Å²) in [6.07, 6.45) is 0. The number of nitrogens with one attached hydrogen (secondary N) is 1. The largest absolute Gasteiger partial charge is 0.497 e. The van der Waals surface area contributed by atoms with Crippen molar-refractivity contribution in [2.75, 3.05) is 23.3 Å². The molecular formula is C23H21ClN2O5S. The number of ether oxygens (including phenoxy) is 1. The highest BCUT2D eigenvalue weighted by Gasteiger charge is 2.27. The van der Waals surface area contributed by atoms with E-state index in [0.717, 1.165) is 4.31 Å². The molecule has 0 aliphatic rings. The number of halogens is 1. The van der Waals surface area contributed by atoms with Gasteiger partial charge in [-0.15, -0.1) is 0 Å². The van der Waals surface area contributed by atoms with Crippen LogP contribution >= 0.6 is 11.6 Å². The summed E-state index contributed by atoms with van der Waals surface area (Å²) in [6.45, 7) is 0.935. The number of anilines is 2. The number of hydrogen-bond acceptors (Lipinski definition) is 5. The van der Waals surface area contributed by atoms with Gasteiger partial charge in [-0.25, -0.2) is 8.42 Å². The van der Waals surface area contributed by atoms with Crippen molar-refractivity contribution in [2.45, 2.75) is 11.8 Å². The molecule has 3 aromatic carbocycles. The van der Waals surface area contributed by atoms with Crippen LogP contribution in [0.15, 0.2) is 77.7 Å². The minimum Gasteiger partial charge on any atom is -0.497 e. The number of Topliss-reactive ketones (excluding diaryl/α,β-unsaturated/α-hetero) is 1. The summed E-state index contributed by atoms with van der Waals surface area (Å²) in [5, 5.41) is 3.08. The Labute approximate surface area is 191 Å². The fourth-order valence-corrected chi connectivity index (χ4v) is 4.49. The van der Waals surface area contributed by atoms with Crippen LogP contribution in [0.4, 0.5) is 11.4 Å². The lowest BCUT2D eigenvalue weighted by Gasteiger charge is -2.24. The molecule has 0 atom stereocenters. The smallest absolute Gasteiger partial charge is 0.264 e. The zero-order chi connectivity index (χ0) is 23.3. The van der Waals surface area contributed by atoms with Crippen molar-refractivity contribution in [3.8, 4) is 5.75 Å². The van der Waals surface area contributed by atoms with Gasteiger partial charge in [0.1, 0.15) is 12.3 Å². The molecule has 9 heteroatoms. The number of sulfonamides is 1. The van der Waals surface area contributed by atoms with Gasteiger partial charge in [-0.2, -0.15) is 0 Å². The van der Waals surface area contributed by atoms with Crippen LogP contribution in [-0.2, 0) is 14.8 Å². The summed E-state index contributed by atoms with van der Waals surface area (Å²) in [5.41, 5.74) is 1.10. The summed E-state index contributed by atoms with van der Waals surface area (Å²) >= 11 is 5.95. The molecule has 7 nitrogen and oxygen atoms in total. The predicted octanol–water partition coefficient (Wildman–Crippen LogP) is 4.39. The Bertz CT molecular complexity index is 1230. The van der Waals surface area contributed by atoms with Crippen LogP contribution in [-0.4, -0.2) is 33.8 Å². The number of methoxy groups -OCH3 is 1. The number of nitrogens with zero attached hydrogens (tertiary/aromatic N) is 1. The van der Waals surface area contributed by atoms with Crippen molar-refractivity contribution in [3.63, 3.8) is 0 Å². The quantitative estimate of drug-likeness (QED) is 0.491. The average molecular weight is 473 g/mol. The molecule has 0 aliphatic heterocycles. The van der Waals surface area contributed by atoms with Crippen molar-refractivity contribution < 1.29 is 22.7 Å². The van der Waals surface area contributed by atoms with E-state index in [4.69, 9.17) is 16.3 Å². The highest BCUT2D eigenvalue weighted by molar-refractivity contribution is 7.92. The molecule has 3 rings (SSSR count). The van der Waals surface area contributed by atoms with Crippen LogP contribution in [0.2, 0.25) is 5.02 Å². The van der Waals surface area contributed by atoms with Crippen LogP contribution in [0.1, 0.15) is 17.3 Å². The van der Waals surface area contributed by atoms with E-state index in [1.54, 1.807) is 30.3 Å². The highest BCUT2D eigenvalue weighted by atomic mass is 35.5. The van der Waals surface area contributed by atoms with Gasteiger partial charge in [0, 0.05) is 16.3 Å². The number of amides is 1. The summed E-state index contributed by atoms with van der Waals surface area (Å²) in [7, 11) is -2.60. The van der Waals surface area contributed by atoms with Crippen molar-refractivity contribution in [3.05, 3.63) is 83.4 Å². The fraction of sp³-hybridized carbons (Fsp3) is 0.130. The molecule has 1 amide bonds. The van der Waals surface area contributed by atoms with Gasteiger partial charge in [-0.1, -0.05) is 23.7 Å². The Kier molecular flexibility index (Phi) is 7.17. The van der Waals surface area contributed by atoms with E-state index in [1.807, 2.05) is 0 Å². The number of benzene rings is 3. The second-order valence-electron chi connectivity index (χ2n) is 6.85. The third-order valence-corrected chi connectivity index (χ3v) is 6.64. The maximum absolute atomic E-state index is 13.4. The molecule has 0 saturated heterocycles. The number of carbonyl (C=O) groups excluding carboxylic acids is 2. The maximum Gasteiger partial charge on any atom is 0.264 e. The molecular weight excluding hydrogens is 452 g/mol. The lowest BCUT2D eigenvalue weighted by Crippen LogP contribution is -2.38. The molecule has 0 aliphatic carbocycles. The van der Waals surface area contributed by atoms with E-state index in [2.05, 4.69) is 5.32 Å². The third kappa shape index (κ3) is 5.46. The maximum atomic E-state index is 13.4. The molecule has 0 radical (unpaired) electrons. The molecule has 0 unspecified atom stereocenters. The topological polar surface area (TPSA) is 92.8 Å². The molecule has 32 heavy (non-hydrogen) atoms. The monoisotopic (exact) mass is 472 g/mol. The van der Waals surface area contributed by atoms with Gasteiger partial charge in [-0.05, 0) is 67.6 Å². The minimum atomic E-state index is -4.08. The summed E-state index contributed by atoms with van der Waals surface area (Å²) in [5.74, 6) is -0.214. The zero-order valence-corrected chi connectivity index (χ0v) is 19.0. The Morgan fingerprint density at radius 2 is 1.66 bits per heavy atom. The first-order valence-electron chi connectivity index (χ1n) is 9.54. The van der Waals surface area contributed by atoms with Crippen LogP contribution in [0.25, 0.3) is 0 Å². The van der Waals surface area contributed by atoms with E-state index in [1.165, 1.54) is 56.5 Å². The van der Waals surface area contributed by atoms with Gasteiger partial charge < -0.3 is 10.1 Å². The predicted molar refractivity (Wildman–Crippen MR) is 124 cm³/mol. The lowest BCUT2D eigenvalue weighted by atomic mass is 10.1. The van der Waals surface area contributed by atoms with Crippen LogP contribution < -0.4 is 14.4 Å². The van der Waals surface area contributed by atoms with E-state index >= 15 is 0 Å². The van der Waals surface area contributed by atoms with Gasteiger partial charge in [0.15, 0.2) is 5.78 Å². The number of ketones is 1. The molecule has 0 heterocycles. The lowest BCUT2D eigenvalue weighted by molar-refractivity contribution is -0.114. The Morgan fingerprint density at radius 3 is 2.25 bits per heavy atom. The first-order valence-corrected chi connectivity index (χ1v) is 11.4. The minimum absolute atomic E-state index is 0.000345. The van der Waals surface area contributed by atoms with Gasteiger partial charge >= 0.3 is 0 Å². The Balaban J connectivity index is 1.92. The Morgan fingerprint density at radius 1 is 1.00 bits per heavy atom. The van der Waals surface area contributed by atoms with Crippen molar-refractivity contribution in [1.29, 1.82) is 0 Å². The van der Waals surface area contributed by atoms with E-state index < -0.39 is 22.5 Å². The molecule has 166 valence electrons. The second-order valence-corrected chi connectivity index (χ2v) is 9.15. The van der Waals surface area contributed by atoms with Crippen LogP contribution in [0, 0.1) is 0 Å². The van der Waals surface area contributed by atoms with Gasteiger partial charge in [-0.3, -0.25) is 13.9 Å². The van der Waals surface area contributed by atoms with Crippen molar-refractivity contribution >= 4 is 44.7 Å². The van der Waals surface area contributed by atoms with E-state index in [0.29, 0.717) is 22.0 Å². The van der Waals surface area contributed by atoms with Crippen molar-refractivity contribution in [2.24, 2.45) is 0 Å². The number of hydrogen-bond donors (Lipinski definition) is 1. The summed E-state index contributed by atoms with van der Waals surface area (Å²) in [4.78, 5) is 24.4. The van der Waals surface area contributed by atoms with Gasteiger partial charge in [0.2, 0.25) is 5.91 Å². The van der Waals surface area contributed by atoms with E-state index in [9.17, 15) is 18.0 Å². The molecule has 0 bridgehead atoms. The molecule has 0 spiro atoms. The third-order valence-electron chi connectivity index (χ3n) is 4.60. The zero-order valence-electron chi connectivity index (χ0n) is 17.4. The summed E-state index contributed by atoms with van der Waals surface area (Å²) in [6, 6.07) is 18.4. The average Bonchev–Trinajstić information content (AvgIpc) is 2.78. The summed E-state index contributed by atoms with van der Waals surface area (Å²) < 4.78 is 32.8.